The molecule has 3 rings (SSSR count). The molecule has 1 saturated carbocycles. The second-order valence-corrected chi connectivity index (χ2v) is 8.19. The van der Waals surface area contributed by atoms with Crippen LogP contribution in [-0.4, -0.2) is 59.9 Å². The molecule has 4 amide bonds. The van der Waals surface area contributed by atoms with E-state index < -0.39 is 6.04 Å². The summed E-state index contributed by atoms with van der Waals surface area (Å²) in [7, 11) is 0. The summed E-state index contributed by atoms with van der Waals surface area (Å²) in [6, 6.07) is 6.26. The van der Waals surface area contributed by atoms with Gasteiger partial charge < -0.3 is 20.4 Å². The predicted molar refractivity (Wildman–Crippen MR) is 108 cm³/mol. The van der Waals surface area contributed by atoms with E-state index in [4.69, 9.17) is 11.6 Å². The maximum atomic E-state index is 12.9. The summed E-state index contributed by atoms with van der Waals surface area (Å²) in [4.78, 5) is 40.8. The molecular formula is C20H27ClN4O3. The minimum atomic E-state index is -0.514. The summed E-state index contributed by atoms with van der Waals surface area (Å²) >= 11 is 5.94. The van der Waals surface area contributed by atoms with E-state index in [0.717, 1.165) is 12.8 Å². The number of nitrogens with zero attached hydrogens (tertiary/aromatic N) is 2. The Bertz CT molecular complexity index is 743. The highest BCUT2D eigenvalue weighted by atomic mass is 35.5. The van der Waals surface area contributed by atoms with E-state index in [9.17, 15) is 14.4 Å². The Hall–Kier alpha value is -2.28. The van der Waals surface area contributed by atoms with Gasteiger partial charge in [-0.2, -0.15) is 0 Å². The Morgan fingerprint density at radius 3 is 2.29 bits per heavy atom. The number of halogens is 1. The fraction of sp³-hybridized carbons (Fsp3) is 0.550. The number of anilines is 1. The van der Waals surface area contributed by atoms with Crippen molar-refractivity contribution in [3.63, 3.8) is 0 Å². The van der Waals surface area contributed by atoms with E-state index in [2.05, 4.69) is 10.6 Å². The van der Waals surface area contributed by atoms with Gasteiger partial charge in [-0.1, -0.05) is 31.5 Å². The Labute approximate surface area is 170 Å². The van der Waals surface area contributed by atoms with Gasteiger partial charge in [0.1, 0.15) is 6.04 Å². The zero-order valence-corrected chi connectivity index (χ0v) is 17.0. The number of carbonyl (C=O) groups excluding carboxylic acids is 3. The van der Waals surface area contributed by atoms with Crippen LogP contribution in [0.2, 0.25) is 5.02 Å². The Morgan fingerprint density at radius 2 is 1.71 bits per heavy atom. The first-order chi connectivity index (χ1) is 13.3. The van der Waals surface area contributed by atoms with Crippen LogP contribution in [0.5, 0.6) is 0 Å². The van der Waals surface area contributed by atoms with Crippen molar-refractivity contribution in [2.24, 2.45) is 11.8 Å². The number of hydrogen-bond acceptors (Lipinski definition) is 3. The SMILES string of the molecule is CC(C)C(NC(=O)C1CC1)C(=O)N1CCN(C(=O)Nc2cccc(Cl)c2)CC1. The summed E-state index contributed by atoms with van der Waals surface area (Å²) in [6.07, 6.45) is 1.82. The van der Waals surface area contributed by atoms with Crippen molar-refractivity contribution in [2.45, 2.75) is 32.7 Å². The van der Waals surface area contributed by atoms with Gasteiger partial charge in [0.15, 0.2) is 0 Å². The number of rotatable bonds is 5. The van der Waals surface area contributed by atoms with Crippen LogP contribution in [0.1, 0.15) is 26.7 Å². The van der Waals surface area contributed by atoms with Crippen LogP contribution >= 0.6 is 11.6 Å². The van der Waals surface area contributed by atoms with Gasteiger partial charge in [0.05, 0.1) is 0 Å². The zero-order chi connectivity index (χ0) is 20.3. The molecule has 1 heterocycles. The molecule has 1 unspecified atom stereocenters. The highest BCUT2D eigenvalue weighted by molar-refractivity contribution is 6.30. The molecule has 152 valence electrons. The molecule has 8 heteroatoms. The third-order valence-corrected chi connectivity index (χ3v) is 5.37. The monoisotopic (exact) mass is 406 g/mol. The summed E-state index contributed by atoms with van der Waals surface area (Å²) < 4.78 is 0. The maximum Gasteiger partial charge on any atom is 0.321 e. The van der Waals surface area contributed by atoms with Crippen molar-refractivity contribution in [2.75, 3.05) is 31.5 Å². The van der Waals surface area contributed by atoms with Crippen molar-refractivity contribution in [1.82, 2.24) is 15.1 Å². The molecule has 1 aromatic carbocycles. The molecule has 1 aliphatic carbocycles. The van der Waals surface area contributed by atoms with Crippen molar-refractivity contribution in [3.8, 4) is 0 Å². The molecule has 0 aromatic heterocycles. The number of nitrogens with one attached hydrogen (secondary N) is 2. The summed E-state index contributed by atoms with van der Waals surface area (Å²) in [6.45, 7) is 5.66. The van der Waals surface area contributed by atoms with Gasteiger partial charge in [-0.25, -0.2) is 4.79 Å². The molecule has 1 saturated heterocycles. The van der Waals surface area contributed by atoms with Gasteiger partial charge in [0.2, 0.25) is 11.8 Å². The van der Waals surface area contributed by atoms with Gasteiger partial charge >= 0.3 is 6.03 Å². The van der Waals surface area contributed by atoms with E-state index in [1.165, 1.54) is 0 Å². The average molecular weight is 407 g/mol. The highest BCUT2D eigenvalue weighted by Crippen LogP contribution is 2.29. The van der Waals surface area contributed by atoms with Crippen LogP contribution < -0.4 is 10.6 Å². The molecule has 28 heavy (non-hydrogen) atoms. The fourth-order valence-electron chi connectivity index (χ4n) is 3.23. The number of benzene rings is 1. The molecule has 2 fully saturated rings. The Kier molecular flexibility index (Phi) is 6.44. The number of hydrogen-bond donors (Lipinski definition) is 2. The average Bonchev–Trinajstić information content (AvgIpc) is 3.50. The van der Waals surface area contributed by atoms with Crippen LogP contribution in [0.4, 0.5) is 10.5 Å². The first-order valence-corrected chi connectivity index (χ1v) is 10.1. The molecule has 1 aliphatic heterocycles. The number of urea groups is 1. The van der Waals surface area contributed by atoms with Gasteiger partial charge in [0.25, 0.3) is 0 Å². The topological polar surface area (TPSA) is 81.8 Å². The van der Waals surface area contributed by atoms with Crippen LogP contribution in [0.15, 0.2) is 24.3 Å². The van der Waals surface area contributed by atoms with Crippen LogP contribution in [0, 0.1) is 11.8 Å². The highest BCUT2D eigenvalue weighted by Gasteiger charge is 2.36. The van der Waals surface area contributed by atoms with Crippen molar-refractivity contribution >= 4 is 35.1 Å². The normalized spacial score (nSPS) is 18.0. The largest absolute Gasteiger partial charge is 0.344 e. The van der Waals surface area contributed by atoms with Crippen LogP contribution in [0.25, 0.3) is 0 Å². The quantitative estimate of drug-likeness (QED) is 0.788. The molecule has 0 spiro atoms. The fourth-order valence-corrected chi connectivity index (χ4v) is 3.42. The Morgan fingerprint density at radius 1 is 1.07 bits per heavy atom. The summed E-state index contributed by atoms with van der Waals surface area (Å²) in [5, 5.41) is 6.29. The molecule has 7 nitrogen and oxygen atoms in total. The minimum absolute atomic E-state index is 0.0133. The maximum absolute atomic E-state index is 12.9. The molecule has 0 radical (unpaired) electrons. The van der Waals surface area contributed by atoms with Crippen LogP contribution in [0.3, 0.4) is 0 Å². The molecular weight excluding hydrogens is 380 g/mol. The van der Waals surface area contributed by atoms with E-state index in [1.807, 2.05) is 13.8 Å². The smallest absolute Gasteiger partial charge is 0.321 e. The second-order valence-electron chi connectivity index (χ2n) is 7.76. The second kappa shape index (κ2) is 8.82. The van der Waals surface area contributed by atoms with E-state index >= 15 is 0 Å². The third-order valence-electron chi connectivity index (χ3n) is 5.13. The van der Waals surface area contributed by atoms with Crippen molar-refractivity contribution < 1.29 is 14.4 Å². The summed E-state index contributed by atoms with van der Waals surface area (Å²) in [5.74, 6) is -0.00840. The number of piperazine rings is 1. The first-order valence-electron chi connectivity index (χ1n) is 9.76. The summed E-state index contributed by atoms with van der Waals surface area (Å²) in [5.41, 5.74) is 0.638. The lowest BCUT2D eigenvalue weighted by Gasteiger charge is -2.37. The standard InChI is InChI=1S/C20H27ClN4O3/c1-13(2)17(23-18(26)14-6-7-14)19(27)24-8-10-25(11-9-24)20(28)22-16-5-3-4-15(21)12-16/h3-5,12-14,17H,6-11H2,1-2H3,(H,22,28)(H,23,26). The lowest BCUT2D eigenvalue weighted by Crippen LogP contribution is -2.57. The zero-order valence-electron chi connectivity index (χ0n) is 16.3. The van der Waals surface area contributed by atoms with Crippen LogP contribution in [-0.2, 0) is 9.59 Å². The molecule has 1 atom stereocenters. The van der Waals surface area contributed by atoms with Crippen molar-refractivity contribution in [3.05, 3.63) is 29.3 Å². The molecule has 2 aliphatic rings. The van der Waals surface area contributed by atoms with E-state index in [0.29, 0.717) is 36.9 Å². The molecule has 1 aromatic rings. The first kappa shape index (κ1) is 20.5. The van der Waals surface area contributed by atoms with E-state index in [1.54, 1.807) is 34.1 Å². The predicted octanol–water partition coefficient (Wildman–Crippen LogP) is 2.57. The number of carbonyl (C=O) groups is 3. The van der Waals surface area contributed by atoms with E-state index in [-0.39, 0.29) is 29.7 Å². The third kappa shape index (κ3) is 5.16. The number of amides is 4. The minimum Gasteiger partial charge on any atom is -0.344 e. The van der Waals surface area contributed by atoms with Gasteiger partial charge in [-0.3, -0.25) is 9.59 Å². The van der Waals surface area contributed by atoms with Gasteiger partial charge in [-0.05, 0) is 37.0 Å². The lowest BCUT2D eigenvalue weighted by molar-refractivity contribution is -0.139. The molecule has 2 N–H and O–H groups in total. The lowest BCUT2D eigenvalue weighted by atomic mass is 10.0. The van der Waals surface area contributed by atoms with Gasteiger partial charge in [-0.15, -0.1) is 0 Å². The van der Waals surface area contributed by atoms with Gasteiger partial charge in [0, 0.05) is 42.8 Å². The van der Waals surface area contributed by atoms with Crippen molar-refractivity contribution in [1.29, 1.82) is 0 Å². The molecule has 0 bridgehead atoms. The Balaban J connectivity index is 1.52.